The fourth-order valence-corrected chi connectivity index (χ4v) is 4.18. The van der Waals surface area contributed by atoms with Crippen molar-refractivity contribution in [1.82, 2.24) is 25.0 Å². The molecule has 0 spiro atoms. The molecule has 6 nitrogen and oxygen atoms in total. The maximum absolute atomic E-state index is 5.57. The van der Waals surface area contributed by atoms with Gasteiger partial charge in [-0.3, -0.25) is 4.90 Å². The van der Waals surface area contributed by atoms with E-state index in [1.54, 1.807) is 6.33 Å². The molecule has 2 aromatic rings. The van der Waals surface area contributed by atoms with Crippen LogP contribution in [0.5, 0.6) is 0 Å². The Kier molecular flexibility index (Phi) is 5.10. The lowest BCUT2D eigenvalue weighted by atomic mass is 9.96. The van der Waals surface area contributed by atoms with Gasteiger partial charge in [0.25, 0.3) is 0 Å². The standard InChI is InChI=1S/C19H27N5O/c1-15(22-17-8-5-9-24-19(17)20-14-21-24)18(16-6-3-2-4-7-16)23-10-12-25-13-11-23/h2-4,6-7,14-15,17-18,22H,5,8-13H2,1H3. The van der Waals surface area contributed by atoms with Gasteiger partial charge in [0.15, 0.2) is 0 Å². The highest BCUT2D eigenvalue weighted by molar-refractivity contribution is 5.21. The third-order valence-electron chi connectivity index (χ3n) is 5.34. The van der Waals surface area contributed by atoms with Crippen molar-refractivity contribution in [1.29, 1.82) is 0 Å². The Morgan fingerprint density at radius 3 is 2.76 bits per heavy atom. The molecule has 0 radical (unpaired) electrons. The molecule has 2 aliphatic rings. The smallest absolute Gasteiger partial charge is 0.143 e. The number of rotatable bonds is 5. The minimum atomic E-state index is 0.276. The highest BCUT2D eigenvalue weighted by atomic mass is 16.5. The predicted octanol–water partition coefficient (Wildman–Crippen LogP) is 2.16. The molecule has 1 N–H and O–H groups in total. The lowest BCUT2D eigenvalue weighted by Crippen LogP contribution is -2.48. The summed E-state index contributed by atoms with van der Waals surface area (Å²) in [6.07, 6.45) is 3.94. The van der Waals surface area contributed by atoms with Gasteiger partial charge < -0.3 is 10.1 Å². The second kappa shape index (κ2) is 7.64. The van der Waals surface area contributed by atoms with Gasteiger partial charge in [0.05, 0.1) is 25.3 Å². The van der Waals surface area contributed by atoms with Gasteiger partial charge in [-0.05, 0) is 25.3 Å². The van der Waals surface area contributed by atoms with Crippen LogP contribution in [0.25, 0.3) is 0 Å². The van der Waals surface area contributed by atoms with E-state index < -0.39 is 0 Å². The van der Waals surface area contributed by atoms with Crippen molar-refractivity contribution in [3.8, 4) is 0 Å². The first-order chi connectivity index (χ1) is 12.3. The Morgan fingerprint density at radius 1 is 1.16 bits per heavy atom. The summed E-state index contributed by atoms with van der Waals surface area (Å²) < 4.78 is 7.61. The van der Waals surface area contributed by atoms with Crippen LogP contribution in [0.2, 0.25) is 0 Å². The quantitative estimate of drug-likeness (QED) is 0.903. The molecule has 0 saturated carbocycles. The summed E-state index contributed by atoms with van der Waals surface area (Å²) in [5, 5.41) is 8.20. The average molecular weight is 341 g/mol. The van der Waals surface area contributed by atoms with Crippen LogP contribution in [0, 0.1) is 0 Å². The number of hydrogen-bond donors (Lipinski definition) is 1. The molecule has 4 rings (SSSR count). The zero-order chi connectivity index (χ0) is 17.1. The summed E-state index contributed by atoms with van der Waals surface area (Å²) in [7, 11) is 0. The van der Waals surface area contributed by atoms with Gasteiger partial charge in [0.2, 0.25) is 0 Å². The number of benzene rings is 1. The number of hydrogen-bond acceptors (Lipinski definition) is 5. The molecule has 1 fully saturated rings. The Labute approximate surface area is 149 Å². The van der Waals surface area contributed by atoms with Gasteiger partial charge in [0, 0.05) is 25.7 Å². The topological polar surface area (TPSA) is 55.2 Å². The third-order valence-corrected chi connectivity index (χ3v) is 5.34. The molecular formula is C19H27N5O. The van der Waals surface area contributed by atoms with Crippen molar-refractivity contribution < 1.29 is 4.74 Å². The number of ether oxygens (including phenoxy) is 1. The molecule has 1 aromatic carbocycles. The van der Waals surface area contributed by atoms with E-state index in [2.05, 4.69) is 57.6 Å². The van der Waals surface area contributed by atoms with Crippen molar-refractivity contribution in [3.05, 3.63) is 48.0 Å². The number of aromatic nitrogens is 3. The molecule has 0 aliphatic carbocycles. The second-order valence-electron chi connectivity index (χ2n) is 7.00. The summed E-state index contributed by atoms with van der Waals surface area (Å²) >= 11 is 0. The number of nitrogens with zero attached hydrogens (tertiary/aromatic N) is 4. The fourth-order valence-electron chi connectivity index (χ4n) is 4.18. The first-order valence-electron chi connectivity index (χ1n) is 9.33. The van der Waals surface area contributed by atoms with Crippen LogP contribution in [0.4, 0.5) is 0 Å². The van der Waals surface area contributed by atoms with E-state index in [1.807, 2.05) is 4.68 Å². The Morgan fingerprint density at radius 2 is 1.96 bits per heavy atom. The van der Waals surface area contributed by atoms with E-state index in [0.717, 1.165) is 51.5 Å². The summed E-state index contributed by atoms with van der Waals surface area (Å²) in [5.41, 5.74) is 1.36. The number of fused-ring (bicyclic) bond motifs is 1. The van der Waals surface area contributed by atoms with Gasteiger partial charge in [-0.25, -0.2) is 9.67 Å². The Bertz CT molecular complexity index is 667. The van der Waals surface area contributed by atoms with E-state index in [4.69, 9.17) is 4.74 Å². The molecule has 0 bridgehead atoms. The predicted molar refractivity (Wildman–Crippen MR) is 96.2 cm³/mol. The second-order valence-corrected chi connectivity index (χ2v) is 7.00. The molecule has 3 heterocycles. The minimum absolute atomic E-state index is 0.276. The highest BCUT2D eigenvalue weighted by Crippen LogP contribution is 2.29. The molecular weight excluding hydrogens is 314 g/mol. The lowest BCUT2D eigenvalue weighted by Gasteiger charge is -2.40. The zero-order valence-electron chi connectivity index (χ0n) is 14.8. The number of morpholine rings is 1. The maximum Gasteiger partial charge on any atom is 0.143 e. The molecule has 6 heteroatoms. The van der Waals surface area contributed by atoms with Crippen LogP contribution < -0.4 is 5.32 Å². The molecule has 134 valence electrons. The van der Waals surface area contributed by atoms with Crippen molar-refractivity contribution in [2.75, 3.05) is 26.3 Å². The lowest BCUT2D eigenvalue weighted by molar-refractivity contribution is 0.00728. The van der Waals surface area contributed by atoms with Gasteiger partial charge in [0.1, 0.15) is 12.2 Å². The Hall–Kier alpha value is -1.76. The van der Waals surface area contributed by atoms with Gasteiger partial charge in [-0.15, -0.1) is 0 Å². The SMILES string of the molecule is CC(NC1CCCn2ncnc21)C(c1ccccc1)N1CCOCC1. The molecule has 2 aliphatic heterocycles. The van der Waals surface area contributed by atoms with E-state index in [0.29, 0.717) is 12.1 Å². The summed E-state index contributed by atoms with van der Waals surface area (Å²) in [4.78, 5) is 7.04. The van der Waals surface area contributed by atoms with Crippen molar-refractivity contribution in [2.24, 2.45) is 0 Å². The van der Waals surface area contributed by atoms with E-state index >= 15 is 0 Å². The van der Waals surface area contributed by atoms with Crippen LogP contribution in [-0.2, 0) is 11.3 Å². The minimum Gasteiger partial charge on any atom is -0.379 e. The van der Waals surface area contributed by atoms with Gasteiger partial charge >= 0.3 is 0 Å². The monoisotopic (exact) mass is 341 g/mol. The molecule has 3 atom stereocenters. The zero-order valence-corrected chi connectivity index (χ0v) is 14.8. The Balaban J connectivity index is 1.55. The third kappa shape index (κ3) is 3.61. The molecule has 0 amide bonds. The van der Waals surface area contributed by atoms with Crippen LogP contribution in [0.3, 0.4) is 0 Å². The first kappa shape index (κ1) is 16.7. The molecule has 1 aromatic heterocycles. The van der Waals surface area contributed by atoms with Crippen LogP contribution in [-0.4, -0.2) is 52.0 Å². The summed E-state index contributed by atoms with van der Waals surface area (Å²) in [6.45, 7) is 6.86. The number of aryl methyl sites for hydroxylation is 1. The normalized spacial score (nSPS) is 23.8. The highest BCUT2D eigenvalue weighted by Gasteiger charge is 2.31. The van der Waals surface area contributed by atoms with Crippen LogP contribution in [0.1, 0.15) is 43.2 Å². The van der Waals surface area contributed by atoms with Gasteiger partial charge in [-0.2, -0.15) is 5.10 Å². The fraction of sp³-hybridized carbons (Fsp3) is 0.579. The van der Waals surface area contributed by atoms with Crippen LogP contribution >= 0.6 is 0 Å². The van der Waals surface area contributed by atoms with E-state index in [-0.39, 0.29) is 6.04 Å². The largest absolute Gasteiger partial charge is 0.379 e. The summed E-state index contributed by atoms with van der Waals surface area (Å²) in [6, 6.07) is 11.8. The van der Waals surface area contributed by atoms with Crippen molar-refractivity contribution >= 4 is 0 Å². The van der Waals surface area contributed by atoms with Crippen molar-refractivity contribution in [2.45, 2.75) is 44.4 Å². The molecule has 25 heavy (non-hydrogen) atoms. The first-order valence-corrected chi connectivity index (χ1v) is 9.33. The van der Waals surface area contributed by atoms with Gasteiger partial charge in [-0.1, -0.05) is 30.3 Å². The van der Waals surface area contributed by atoms with Crippen LogP contribution in [0.15, 0.2) is 36.7 Å². The summed E-state index contributed by atoms with van der Waals surface area (Å²) in [5.74, 6) is 1.08. The van der Waals surface area contributed by atoms with Crippen molar-refractivity contribution in [3.63, 3.8) is 0 Å². The average Bonchev–Trinajstić information content (AvgIpc) is 3.14. The number of nitrogens with one attached hydrogen (secondary N) is 1. The van der Waals surface area contributed by atoms with E-state index in [9.17, 15) is 0 Å². The maximum atomic E-state index is 5.57. The molecule has 1 saturated heterocycles. The van der Waals surface area contributed by atoms with E-state index in [1.165, 1.54) is 5.56 Å². The molecule has 3 unspecified atom stereocenters.